The molecule has 0 aliphatic carbocycles. The van der Waals surface area contributed by atoms with E-state index in [1.54, 1.807) is 54.6 Å². The molecular formula is C27H22N8O3. The number of fused-ring (bicyclic) bond motifs is 1. The van der Waals surface area contributed by atoms with E-state index in [1.807, 2.05) is 19.1 Å². The number of para-hydroxylation sites is 2. The molecule has 0 saturated carbocycles. The Morgan fingerprint density at radius 2 is 1.84 bits per heavy atom. The average Bonchev–Trinajstić information content (AvgIpc) is 3.63. The molecule has 5 aromatic rings. The van der Waals surface area contributed by atoms with E-state index in [9.17, 15) is 14.9 Å². The number of H-pyrrole nitrogens is 2. The van der Waals surface area contributed by atoms with Gasteiger partial charge in [-0.05, 0) is 54.1 Å². The molecule has 0 fully saturated rings. The molecule has 0 saturated heterocycles. The fraction of sp³-hybridized carbons (Fsp3) is 0.111. The van der Waals surface area contributed by atoms with E-state index in [2.05, 4.69) is 42.3 Å². The first kappa shape index (κ1) is 24.2. The zero-order valence-electron chi connectivity index (χ0n) is 20.3. The third-order valence-electron chi connectivity index (χ3n) is 5.73. The fourth-order valence-corrected chi connectivity index (χ4v) is 3.94. The van der Waals surface area contributed by atoms with E-state index >= 15 is 0 Å². The number of aromatic amines is 2. The summed E-state index contributed by atoms with van der Waals surface area (Å²) in [7, 11) is 0. The number of tetrazole rings is 1. The van der Waals surface area contributed by atoms with Crippen molar-refractivity contribution < 1.29 is 14.3 Å². The molecule has 4 N–H and O–H groups in total. The van der Waals surface area contributed by atoms with Crippen LogP contribution in [0, 0.1) is 11.3 Å². The largest absolute Gasteiger partial charge is 0.493 e. The number of nitrogens with one attached hydrogen (secondary N) is 4. The third kappa shape index (κ3) is 4.91. The fourth-order valence-electron chi connectivity index (χ4n) is 3.94. The van der Waals surface area contributed by atoms with Crippen LogP contribution in [0.5, 0.6) is 5.75 Å². The summed E-state index contributed by atoms with van der Waals surface area (Å²) < 4.78 is 5.72. The predicted octanol–water partition coefficient (Wildman–Crippen LogP) is 4.51. The van der Waals surface area contributed by atoms with Gasteiger partial charge in [-0.25, -0.2) is 0 Å². The van der Waals surface area contributed by atoms with Gasteiger partial charge in [-0.15, -0.1) is 10.2 Å². The van der Waals surface area contributed by atoms with Crippen molar-refractivity contribution in [1.82, 2.24) is 25.6 Å². The van der Waals surface area contributed by atoms with Crippen LogP contribution in [0.2, 0.25) is 0 Å². The lowest BCUT2D eigenvalue weighted by molar-refractivity contribution is 0.101. The number of nitriles is 1. The normalized spacial score (nSPS) is 10.6. The zero-order valence-corrected chi connectivity index (χ0v) is 20.3. The summed E-state index contributed by atoms with van der Waals surface area (Å²) in [6.45, 7) is 2.50. The lowest BCUT2D eigenvalue weighted by atomic mass is 10.1. The summed E-state index contributed by atoms with van der Waals surface area (Å²) >= 11 is 0. The molecule has 0 spiro atoms. The van der Waals surface area contributed by atoms with Crippen LogP contribution < -0.4 is 15.4 Å². The minimum absolute atomic E-state index is 0.238. The first-order chi connectivity index (χ1) is 18.6. The number of hydrogen-bond acceptors (Lipinski definition) is 7. The van der Waals surface area contributed by atoms with E-state index in [-0.39, 0.29) is 17.4 Å². The van der Waals surface area contributed by atoms with Crippen molar-refractivity contribution in [1.29, 1.82) is 5.26 Å². The summed E-state index contributed by atoms with van der Waals surface area (Å²) in [5.74, 6) is -0.00831. The van der Waals surface area contributed by atoms with Crippen LogP contribution in [0.15, 0.2) is 66.7 Å². The van der Waals surface area contributed by atoms with Gasteiger partial charge in [-0.1, -0.05) is 31.2 Å². The number of carbonyl (C=O) groups is 2. The Morgan fingerprint density at radius 1 is 1.00 bits per heavy atom. The molecule has 0 aliphatic heterocycles. The highest BCUT2D eigenvalue weighted by atomic mass is 16.5. The van der Waals surface area contributed by atoms with Crippen LogP contribution in [0.4, 0.5) is 11.4 Å². The molecule has 3 aromatic carbocycles. The van der Waals surface area contributed by atoms with Crippen molar-refractivity contribution in [2.24, 2.45) is 0 Å². The number of aromatic nitrogens is 5. The summed E-state index contributed by atoms with van der Waals surface area (Å²) in [5.41, 5.74) is 3.04. The smallest absolute Gasteiger partial charge is 0.272 e. The van der Waals surface area contributed by atoms with Gasteiger partial charge >= 0.3 is 0 Å². The van der Waals surface area contributed by atoms with Gasteiger partial charge in [0.15, 0.2) is 0 Å². The quantitative estimate of drug-likeness (QED) is 0.241. The maximum Gasteiger partial charge on any atom is 0.272 e. The van der Waals surface area contributed by atoms with Crippen molar-refractivity contribution in [2.45, 2.75) is 13.3 Å². The van der Waals surface area contributed by atoms with Gasteiger partial charge in [0.1, 0.15) is 11.4 Å². The molecule has 2 amide bonds. The molecule has 0 atom stereocenters. The van der Waals surface area contributed by atoms with Crippen molar-refractivity contribution >= 4 is 34.1 Å². The van der Waals surface area contributed by atoms with Crippen LogP contribution in [0.25, 0.3) is 22.3 Å². The minimum Gasteiger partial charge on any atom is -0.493 e. The Hall–Kier alpha value is -5.50. The lowest BCUT2D eigenvalue weighted by Gasteiger charge is -2.11. The van der Waals surface area contributed by atoms with Crippen LogP contribution in [-0.4, -0.2) is 44.0 Å². The predicted molar refractivity (Wildman–Crippen MR) is 141 cm³/mol. The highest BCUT2D eigenvalue weighted by molar-refractivity contribution is 6.12. The average molecular weight is 507 g/mol. The number of anilines is 2. The number of ether oxygens (including phenoxy) is 1. The van der Waals surface area contributed by atoms with Crippen LogP contribution >= 0.6 is 0 Å². The summed E-state index contributed by atoms with van der Waals surface area (Å²) in [4.78, 5) is 29.4. The Morgan fingerprint density at radius 3 is 2.63 bits per heavy atom. The molecule has 5 rings (SSSR count). The van der Waals surface area contributed by atoms with Gasteiger partial charge < -0.3 is 20.4 Å². The molecule has 11 heteroatoms. The number of nitrogens with zero attached hydrogens (tertiary/aromatic N) is 4. The minimum atomic E-state index is -0.425. The maximum atomic E-state index is 13.2. The molecule has 0 bridgehead atoms. The maximum absolute atomic E-state index is 13.2. The molecular weight excluding hydrogens is 484 g/mol. The lowest BCUT2D eigenvalue weighted by Crippen LogP contribution is -2.14. The van der Waals surface area contributed by atoms with Crippen molar-refractivity contribution in [3.63, 3.8) is 0 Å². The SMILES string of the molecule is CCCOc1ccccc1C(=O)Nc1cccc2cc(C(=O)Nc3ccc(C#N)cc3-c3nn[nH]n3)[nH]c12. The second-order valence-electron chi connectivity index (χ2n) is 8.31. The Bertz CT molecular complexity index is 1670. The van der Waals surface area contributed by atoms with Crippen molar-refractivity contribution in [2.75, 3.05) is 17.2 Å². The number of carbonyl (C=O) groups excluding carboxylic acids is 2. The molecule has 38 heavy (non-hydrogen) atoms. The zero-order chi connectivity index (χ0) is 26.5. The number of amides is 2. The molecule has 0 radical (unpaired) electrons. The first-order valence-corrected chi connectivity index (χ1v) is 11.8. The van der Waals surface area contributed by atoms with Crippen LogP contribution in [-0.2, 0) is 0 Å². The van der Waals surface area contributed by atoms with E-state index in [0.717, 1.165) is 11.8 Å². The monoisotopic (exact) mass is 506 g/mol. The Kier molecular flexibility index (Phi) is 6.77. The summed E-state index contributed by atoms with van der Waals surface area (Å²) in [6.07, 6.45) is 0.821. The molecule has 0 unspecified atom stereocenters. The van der Waals surface area contributed by atoms with Crippen molar-refractivity contribution in [3.8, 4) is 23.2 Å². The van der Waals surface area contributed by atoms with Gasteiger partial charge in [0, 0.05) is 10.9 Å². The van der Waals surface area contributed by atoms with E-state index in [0.29, 0.717) is 45.9 Å². The second-order valence-corrected chi connectivity index (χ2v) is 8.31. The number of rotatable bonds is 8. The van der Waals surface area contributed by atoms with Gasteiger partial charge in [0.2, 0.25) is 5.82 Å². The topological polar surface area (TPSA) is 161 Å². The van der Waals surface area contributed by atoms with E-state index < -0.39 is 5.91 Å². The third-order valence-corrected chi connectivity index (χ3v) is 5.73. The van der Waals surface area contributed by atoms with Crippen molar-refractivity contribution in [3.05, 3.63) is 83.6 Å². The van der Waals surface area contributed by atoms with E-state index in [4.69, 9.17) is 4.74 Å². The Labute approximate surface area is 216 Å². The van der Waals surface area contributed by atoms with Crippen LogP contribution in [0.3, 0.4) is 0 Å². The van der Waals surface area contributed by atoms with Crippen LogP contribution in [0.1, 0.15) is 39.8 Å². The Balaban J connectivity index is 1.41. The van der Waals surface area contributed by atoms with E-state index in [1.165, 1.54) is 0 Å². The number of hydrogen-bond donors (Lipinski definition) is 4. The molecule has 2 heterocycles. The number of benzene rings is 3. The van der Waals surface area contributed by atoms with Gasteiger partial charge in [0.05, 0.1) is 40.7 Å². The first-order valence-electron chi connectivity index (χ1n) is 11.8. The highest BCUT2D eigenvalue weighted by Crippen LogP contribution is 2.29. The highest BCUT2D eigenvalue weighted by Gasteiger charge is 2.18. The van der Waals surface area contributed by atoms with Gasteiger partial charge in [-0.3, -0.25) is 9.59 Å². The summed E-state index contributed by atoms with van der Waals surface area (Å²) in [6, 6.07) is 20.9. The molecule has 2 aromatic heterocycles. The van der Waals surface area contributed by atoms with Gasteiger partial charge in [-0.2, -0.15) is 10.5 Å². The standard InChI is InChI=1S/C27H22N8O3/c1-2-12-38-23-9-4-3-7-18(23)26(36)31-21-8-5-6-17-14-22(29-24(17)21)27(37)30-20-11-10-16(15-28)13-19(20)25-32-34-35-33-25/h3-11,13-14,29H,2,12H2,1H3,(H,30,37)(H,31,36)(H,32,33,34,35). The second kappa shape index (κ2) is 10.6. The molecule has 0 aliphatic rings. The molecule has 11 nitrogen and oxygen atoms in total. The van der Waals surface area contributed by atoms with Gasteiger partial charge in [0.25, 0.3) is 11.8 Å². The molecule has 188 valence electrons. The summed E-state index contributed by atoms with van der Waals surface area (Å²) in [5, 5.41) is 29.6.